The molecule has 0 aromatic carbocycles. The van der Waals surface area contributed by atoms with Crippen LogP contribution in [0.1, 0.15) is 19.7 Å². The van der Waals surface area contributed by atoms with Crippen molar-refractivity contribution in [2.75, 3.05) is 0 Å². The molecule has 0 saturated carbocycles. The molecular weight excluding hydrogens is 188 g/mol. The van der Waals surface area contributed by atoms with Gasteiger partial charge in [0.25, 0.3) is 0 Å². The lowest BCUT2D eigenvalue weighted by atomic mass is 10.1. The quantitative estimate of drug-likeness (QED) is 0.778. The lowest BCUT2D eigenvalue weighted by Crippen LogP contribution is -2.30. The van der Waals surface area contributed by atoms with Gasteiger partial charge in [-0.15, -0.1) is 0 Å². The molecule has 0 bridgehead atoms. The fourth-order valence-corrected chi connectivity index (χ4v) is 1.30. The molecule has 0 fully saturated rings. The summed E-state index contributed by atoms with van der Waals surface area (Å²) in [7, 11) is 0. The Morgan fingerprint density at radius 3 is 2.60 bits per heavy atom. The van der Waals surface area contributed by atoms with Crippen molar-refractivity contribution >= 4 is 0 Å². The van der Waals surface area contributed by atoms with Crippen molar-refractivity contribution in [3.05, 3.63) is 36.4 Å². The number of rotatable bonds is 2. The Morgan fingerprint density at radius 2 is 2.07 bits per heavy atom. The van der Waals surface area contributed by atoms with Gasteiger partial charge in [0, 0.05) is 6.20 Å². The molecule has 2 rings (SSSR count). The van der Waals surface area contributed by atoms with Gasteiger partial charge in [-0.25, -0.2) is 4.98 Å². The zero-order valence-corrected chi connectivity index (χ0v) is 8.86. The van der Waals surface area contributed by atoms with Gasteiger partial charge < -0.3 is 10.7 Å². The first kappa shape index (κ1) is 9.86. The van der Waals surface area contributed by atoms with E-state index in [1.807, 2.05) is 32.0 Å². The molecular formula is C11H14N4. The molecule has 2 aromatic heterocycles. The van der Waals surface area contributed by atoms with Crippen LogP contribution in [0.15, 0.2) is 30.6 Å². The predicted molar refractivity (Wildman–Crippen MR) is 59.0 cm³/mol. The van der Waals surface area contributed by atoms with Gasteiger partial charge in [-0.05, 0) is 26.0 Å². The minimum Gasteiger partial charge on any atom is -0.339 e. The van der Waals surface area contributed by atoms with Gasteiger partial charge in [0.2, 0.25) is 0 Å². The Morgan fingerprint density at radius 1 is 1.27 bits per heavy atom. The first-order valence-electron chi connectivity index (χ1n) is 4.83. The Balaban J connectivity index is 2.37. The van der Waals surface area contributed by atoms with Crippen molar-refractivity contribution in [1.29, 1.82) is 0 Å². The third kappa shape index (κ3) is 2.05. The summed E-state index contributed by atoms with van der Waals surface area (Å²) in [6, 6.07) is 5.75. The number of imidazole rings is 1. The van der Waals surface area contributed by atoms with E-state index in [4.69, 9.17) is 5.73 Å². The summed E-state index contributed by atoms with van der Waals surface area (Å²) in [6.45, 7) is 3.82. The zero-order valence-electron chi connectivity index (χ0n) is 8.86. The number of pyridine rings is 1. The van der Waals surface area contributed by atoms with Crippen LogP contribution in [0.2, 0.25) is 0 Å². The number of hydrogen-bond donors (Lipinski definition) is 2. The van der Waals surface area contributed by atoms with Crippen molar-refractivity contribution in [3.8, 4) is 11.4 Å². The normalized spacial score (nSPS) is 11.7. The van der Waals surface area contributed by atoms with Crippen LogP contribution in [0.4, 0.5) is 0 Å². The van der Waals surface area contributed by atoms with E-state index < -0.39 is 5.54 Å². The summed E-state index contributed by atoms with van der Waals surface area (Å²) in [4.78, 5) is 11.6. The molecule has 0 amide bonds. The van der Waals surface area contributed by atoms with Crippen LogP contribution >= 0.6 is 0 Å². The lowest BCUT2D eigenvalue weighted by molar-refractivity contribution is 0.520. The SMILES string of the molecule is CC(C)(N)c1ncc(-c2ccccn2)[nH]1. The van der Waals surface area contributed by atoms with Crippen LogP contribution in [-0.4, -0.2) is 15.0 Å². The highest BCUT2D eigenvalue weighted by molar-refractivity contribution is 5.52. The first-order valence-corrected chi connectivity index (χ1v) is 4.83. The van der Waals surface area contributed by atoms with Crippen LogP contribution in [0.25, 0.3) is 11.4 Å². The molecule has 0 saturated heterocycles. The second kappa shape index (κ2) is 3.47. The summed E-state index contributed by atoms with van der Waals surface area (Å²) in [5, 5.41) is 0. The average molecular weight is 202 g/mol. The van der Waals surface area contributed by atoms with Gasteiger partial charge in [-0.2, -0.15) is 0 Å². The maximum atomic E-state index is 5.93. The van der Waals surface area contributed by atoms with Crippen LogP contribution in [0.3, 0.4) is 0 Å². The van der Waals surface area contributed by atoms with Gasteiger partial charge in [-0.1, -0.05) is 6.07 Å². The molecule has 78 valence electrons. The second-order valence-electron chi connectivity index (χ2n) is 4.08. The van der Waals surface area contributed by atoms with E-state index in [9.17, 15) is 0 Å². The molecule has 4 nitrogen and oxygen atoms in total. The van der Waals surface area contributed by atoms with E-state index in [1.54, 1.807) is 12.4 Å². The topological polar surface area (TPSA) is 67.6 Å². The maximum Gasteiger partial charge on any atom is 0.126 e. The van der Waals surface area contributed by atoms with Crippen molar-refractivity contribution in [2.45, 2.75) is 19.4 Å². The summed E-state index contributed by atoms with van der Waals surface area (Å²) >= 11 is 0. The third-order valence-corrected chi connectivity index (χ3v) is 2.13. The summed E-state index contributed by atoms with van der Waals surface area (Å²) in [5.41, 5.74) is 7.25. The summed E-state index contributed by atoms with van der Waals surface area (Å²) in [6.07, 6.45) is 3.51. The minimum absolute atomic E-state index is 0.451. The Hall–Kier alpha value is -1.68. The highest BCUT2D eigenvalue weighted by Gasteiger charge is 2.18. The standard InChI is InChI=1S/C11H14N4/c1-11(2,12)10-14-7-9(15-10)8-5-3-4-6-13-8/h3-7H,12H2,1-2H3,(H,14,15). The molecule has 0 unspecified atom stereocenters. The van der Waals surface area contributed by atoms with Gasteiger partial charge in [0.05, 0.1) is 23.1 Å². The van der Waals surface area contributed by atoms with Crippen molar-refractivity contribution in [2.24, 2.45) is 5.73 Å². The van der Waals surface area contributed by atoms with Crippen LogP contribution < -0.4 is 5.73 Å². The molecule has 0 atom stereocenters. The Labute approximate surface area is 88.6 Å². The number of H-pyrrole nitrogens is 1. The Kier molecular flexibility index (Phi) is 2.28. The second-order valence-corrected chi connectivity index (χ2v) is 4.08. The number of nitrogens with one attached hydrogen (secondary N) is 1. The summed E-state index contributed by atoms with van der Waals surface area (Å²) < 4.78 is 0. The van der Waals surface area contributed by atoms with Crippen molar-refractivity contribution < 1.29 is 0 Å². The smallest absolute Gasteiger partial charge is 0.126 e. The largest absolute Gasteiger partial charge is 0.339 e. The predicted octanol–water partition coefficient (Wildman–Crippen LogP) is 1.67. The van der Waals surface area contributed by atoms with E-state index in [2.05, 4.69) is 15.0 Å². The van der Waals surface area contributed by atoms with E-state index >= 15 is 0 Å². The molecule has 4 heteroatoms. The van der Waals surface area contributed by atoms with Gasteiger partial charge in [0.15, 0.2) is 0 Å². The highest BCUT2D eigenvalue weighted by Crippen LogP contribution is 2.18. The highest BCUT2D eigenvalue weighted by atomic mass is 15.0. The molecule has 0 aliphatic heterocycles. The number of aromatic nitrogens is 3. The molecule has 0 aliphatic carbocycles. The monoisotopic (exact) mass is 202 g/mol. The molecule has 3 N–H and O–H groups in total. The number of hydrogen-bond acceptors (Lipinski definition) is 3. The van der Waals surface area contributed by atoms with Crippen molar-refractivity contribution in [3.63, 3.8) is 0 Å². The van der Waals surface area contributed by atoms with Gasteiger partial charge in [0.1, 0.15) is 5.82 Å². The van der Waals surface area contributed by atoms with Crippen LogP contribution in [0.5, 0.6) is 0 Å². The minimum atomic E-state index is -0.451. The molecule has 15 heavy (non-hydrogen) atoms. The van der Waals surface area contributed by atoms with Crippen LogP contribution in [0, 0.1) is 0 Å². The van der Waals surface area contributed by atoms with Gasteiger partial charge >= 0.3 is 0 Å². The molecule has 0 spiro atoms. The average Bonchev–Trinajstić information content (AvgIpc) is 2.67. The molecule has 2 heterocycles. The molecule has 0 radical (unpaired) electrons. The number of aromatic amines is 1. The van der Waals surface area contributed by atoms with E-state index in [0.717, 1.165) is 17.2 Å². The maximum absolute atomic E-state index is 5.93. The van der Waals surface area contributed by atoms with Crippen LogP contribution in [-0.2, 0) is 5.54 Å². The molecule has 2 aromatic rings. The fourth-order valence-electron chi connectivity index (χ4n) is 1.30. The van der Waals surface area contributed by atoms with Gasteiger partial charge in [-0.3, -0.25) is 4.98 Å². The summed E-state index contributed by atoms with van der Waals surface area (Å²) in [5.74, 6) is 0.767. The molecule has 0 aliphatic rings. The van der Waals surface area contributed by atoms with E-state index in [0.29, 0.717) is 0 Å². The third-order valence-electron chi connectivity index (χ3n) is 2.13. The fraction of sp³-hybridized carbons (Fsp3) is 0.273. The lowest BCUT2D eigenvalue weighted by Gasteiger charge is -2.14. The zero-order chi connectivity index (χ0) is 10.9. The number of nitrogens with zero attached hydrogens (tertiary/aromatic N) is 2. The van der Waals surface area contributed by atoms with E-state index in [1.165, 1.54) is 0 Å². The Bertz CT molecular complexity index is 439. The van der Waals surface area contributed by atoms with Crippen molar-refractivity contribution in [1.82, 2.24) is 15.0 Å². The first-order chi connectivity index (χ1) is 7.07. The van der Waals surface area contributed by atoms with E-state index in [-0.39, 0.29) is 0 Å². The number of nitrogens with two attached hydrogens (primary N) is 1.